The van der Waals surface area contributed by atoms with Gasteiger partial charge in [-0.2, -0.15) is 0 Å². The van der Waals surface area contributed by atoms with E-state index in [0.29, 0.717) is 6.04 Å². The van der Waals surface area contributed by atoms with E-state index in [9.17, 15) is 9.90 Å². The van der Waals surface area contributed by atoms with Gasteiger partial charge in [0.1, 0.15) is 0 Å². The number of rotatable bonds is 8. The molecule has 1 aliphatic heterocycles. The smallest absolute Gasteiger partial charge is 0.259 e. The van der Waals surface area contributed by atoms with Crippen LogP contribution in [-0.2, 0) is 16.8 Å². The first-order valence-electron chi connectivity index (χ1n) is 13.4. The van der Waals surface area contributed by atoms with E-state index in [1.54, 1.807) is 11.3 Å². The molecule has 192 valence electrons. The Morgan fingerprint density at radius 1 is 1.03 bits per heavy atom. The van der Waals surface area contributed by atoms with Gasteiger partial charge < -0.3 is 14.5 Å². The predicted octanol–water partition coefficient (Wildman–Crippen LogP) is 6.16. The summed E-state index contributed by atoms with van der Waals surface area (Å²) in [5, 5.41) is 16.3. The van der Waals surface area contributed by atoms with Crippen LogP contribution in [0.1, 0.15) is 49.0 Å². The fourth-order valence-corrected chi connectivity index (χ4v) is 7.91. The summed E-state index contributed by atoms with van der Waals surface area (Å²) in [6.07, 6.45) is 7.10. The third-order valence-electron chi connectivity index (χ3n) is 8.62. The Hall–Kier alpha value is -1.99. The van der Waals surface area contributed by atoms with Crippen molar-refractivity contribution in [3.63, 3.8) is 0 Å². The normalized spacial score (nSPS) is 19.5. The van der Waals surface area contributed by atoms with Gasteiger partial charge in [0.2, 0.25) is 0 Å². The molecule has 3 aromatic rings. The average molecular weight is 524 g/mol. The average Bonchev–Trinajstić information content (AvgIpc) is 3.70. The van der Waals surface area contributed by atoms with E-state index in [1.807, 2.05) is 46.6 Å². The van der Waals surface area contributed by atoms with Crippen LogP contribution < -0.4 is 0 Å². The minimum Gasteiger partial charge on any atom is -0.375 e. The number of likely N-dealkylation sites (tertiary alicyclic amines) is 1. The number of amides is 1. The highest BCUT2D eigenvalue weighted by Gasteiger charge is 2.49. The molecule has 6 heteroatoms. The van der Waals surface area contributed by atoms with Crippen LogP contribution in [0.2, 0.25) is 0 Å². The third-order valence-corrected chi connectivity index (χ3v) is 10.5. The molecule has 1 aliphatic carbocycles. The van der Waals surface area contributed by atoms with Gasteiger partial charge in [0.15, 0.2) is 5.60 Å². The lowest BCUT2D eigenvalue weighted by Gasteiger charge is -2.45. The Morgan fingerprint density at radius 2 is 1.75 bits per heavy atom. The maximum Gasteiger partial charge on any atom is 0.259 e. The molecule has 2 aliphatic rings. The van der Waals surface area contributed by atoms with Crippen molar-refractivity contribution in [3.8, 4) is 10.4 Å². The topological polar surface area (TPSA) is 40.5 Å². The zero-order chi connectivity index (χ0) is 25.2. The summed E-state index contributed by atoms with van der Waals surface area (Å²) >= 11 is 3.67. The van der Waals surface area contributed by atoms with Crippen LogP contribution in [0.15, 0.2) is 59.3 Å². The summed E-state index contributed by atoms with van der Waals surface area (Å²) < 4.78 is 0.972. The first-order valence-corrected chi connectivity index (χ1v) is 15.1. The number of thiophene rings is 2. The summed E-state index contributed by atoms with van der Waals surface area (Å²) in [5.74, 6) is -0.0636. The number of likely N-dealkylation sites (N-methyl/N-ethyl adjacent to an activating group) is 1. The molecule has 4 nitrogen and oxygen atoms in total. The van der Waals surface area contributed by atoms with Crippen molar-refractivity contribution >= 4 is 28.6 Å². The number of piperidine rings is 1. The molecular weight excluding hydrogens is 484 g/mol. The lowest BCUT2D eigenvalue weighted by molar-refractivity contribution is -0.916. The molecule has 1 N–H and O–H groups in total. The number of carbonyl (C=O) groups is 1. The largest absolute Gasteiger partial charge is 0.375 e. The summed E-state index contributed by atoms with van der Waals surface area (Å²) in [7, 11) is 4.68. The fraction of sp³-hybridized carbons (Fsp3) is 0.500. The van der Waals surface area contributed by atoms with Gasteiger partial charge in [-0.1, -0.05) is 49.2 Å². The van der Waals surface area contributed by atoms with Crippen molar-refractivity contribution in [1.82, 2.24) is 4.90 Å². The van der Waals surface area contributed by atoms with Crippen LogP contribution in [0.5, 0.6) is 0 Å². The molecular formula is C30H39N2O2S2+. The van der Waals surface area contributed by atoms with Crippen LogP contribution >= 0.6 is 22.7 Å². The molecule has 1 unspecified atom stereocenters. The van der Waals surface area contributed by atoms with E-state index in [0.717, 1.165) is 74.6 Å². The molecule has 36 heavy (non-hydrogen) atoms. The van der Waals surface area contributed by atoms with E-state index in [2.05, 4.69) is 43.1 Å². The van der Waals surface area contributed by atoms with E-state index in [1.165, 1.54) is 15.3 Å². The Balaban J connectivity index is 1.20. The lowest BCUT2D eigenvalue weighted by Crippen LogP contribution is -2.58. The first kappa shape index (κ1) is 25.7. The summed E-state index contributed by atoms with van der Waals surface area (Å²) in [6, 6.07) is 16.9. The molecule has 3 heterocycles. The van der Waals surface area contributed by atoms with E-state index in [-0.39, 0.29) is 11.8 Å². The van der Waals surface area contributed by atoms with Gasteiger partial charge in [0, 0.05) is 53.6 Å². The van der Waals surface area contributed by atoms with Crippen LogP contribution in [-0.4, -0.2) is 60.2 Å². The van der Waals surface area contributed by atoms with Crippen molar-refractivity contribution < 1.29 is 14.4 Å². The van der Waals surface area contributed by atoms with Gasteiger partial charge >= 0.3 is 0 Å². The van der Waals surface area contributed by atoms with Gasteiger partial charge in [-0.3, -0.25) is 4.79 Å². The van der Waals surface area contributed by atoms with Crippen LogP contribution in [0.3, 0.4) is 0 Å². The number of benzene rings is 1. The summed E-state index contributed by atoms with van der Waals surface area (Å²) in [4.78, 5) is 18.6. The monoisotopic (exact) mass is 523 g/mol. The molecule has 0 bridgehead atoms. The molecule has 1 aromatic carbocycles. The highest BCUT2D eigenvalue weighted by molar-refractivity contribution is 7.14. The van der Waals surface area contributed by atoms with E-state index >= 15 is 0 Å². The van der Waals surface area contributed by atoms with E-state index < -0.39 is 5.60 Å². The molecule has 2 aromatic heterocycles. The second kappa shape index (κ2) is 10.8. The SMILES string of the molecule is C[N+](C)(CCc1cc(-c2cccs2)cs1)C1CCN(C(=O)C(O)(c2ccccc2)C2CCCC2)CC1. The minimum atomic E-state index is -1.39. The van der Waals surface area contributed by atoms with Crippen molar-refractivity contribution in [2.75, 3.05) is 33.7 Å². The molecule has 1 atom stereocenters. The van der Waals surface area contributed by atoms with Gasteiger partial charge in [0.25, 0.3) is 5.91 Å². The molecule has 1 amide bonds. The maximum absolute atomic E-state index is 13.8. The van der Waals surface area contributed by atoms with Gasteiger partial charge in [-0.25, -0.2) is 0 Å². The highest BCUT2D eigenvalue weighted by Crippen LogP contribution is 2.42. The molecule has 0 spiro atoms. The summed E-state index contributed by atoms with van der Waals surface area (Å²) in [6.45, 7) is 2.56. The first-order chi connectivity index (χ1) is 17.4. The lowest BCUT2D eigenvalue weighted by atomic mass is 9.78. The number of hydrogen-bond acceptors (Lipinski definition) is 4. The minimum absolute atomic E-state index is 0.0159. The standard InChI is InChI=1S/C30H39N2O2S2/c1-32(2,19-16-27-21-23(22-36-27)28-13-8-20-35-28)26-14-17-31(18-15-26)29(33)30(34,25-11-6-7-12-25)24-9-4-3-5-10-24/h3-5,8-10,13,20-22,25-26,34H,6-7,11-12,14-19H2,1-2H3/q+1. The number of carbonyl (C=O) groups excluding carboxylic acids is 1. The Morgan fingerprint density at radius 3 is 2.42 bits per heavy atom. The maximum atomic E-state index is 13.8. The fourth-order valence-electron chi connectivity index (χ4n) is 6.24. The zero-order valence-electron chi connectivity index (χ0n) is 21.6. The number of aliphatic hydroxyl groups is 1. The zero-order valence-corrected chi connectivity index (χ0v) is 23.2. The van der Waals surface area contributed by atoms with Crippen molar-refractivity contribution in [2.24, 2.45) is 5.92 Å². The number of hydrogen-bond donors (Lipinski definition) is 1. The predicted molar refractivity (Wildman–Crippen MR) is 150 cm³/mol. The number of nitrogens with zero attached hydrogens (tertiary/aromatic N) is 2. The second-order valence-electron chi connectivity index (χ2n) is 11.2. The molecule has 0 radical (unpaired) electrons. The second-order valence-corrected chi connectivity index (χ2v) is 13.1. The van der Waals surface area contributed by atoms with Gasteiger partial charge in [-0.05, 0) is 41.3 Å². The van der Waals surface area contributed by atoms with Gasteiger partial charge in [0.05, 0.1) is 26.7 Å². The van der Waals surface area contributed by atoms with Crippen LogP contribution in [0.4, 0.5) is 0 Å². The van der Waals surface area contributed by atoms with Crippen molar-refractivity contribution in [3.05, 3.63) is 69.7 Å². The Kier molecular flexibility index (Phi) is 7.68. The Bertz CT molecular complexity index is 1130. The third kappa shape index (κ3) is 5.19. The molecule has 1 saturated heterocycles. The summed E-state index contributed by atoms with van der Waals surface area (Å²) in [5.41, 5.74) is 0.710. The Labute approximate surface area is 223 Å². The van der Waals surface area contributed by atoms with Crippen molar-refractivity contribution in [2.45, 2.75) is 56.6 Å². The van der Waals surface area contributed by atoms with Crippen LogP contribution in [0, 0.1) is 5.92 Å². The van der Waals surface area contributed by atoms with Crippen molar-refractivity contribution in [1.29, 1.82) is 0 Å². The van der Waals surface area contributed by atoms with Crippen LogP contribution in [0.25, 0.3) is 10.4 Å². The highest BCUT2D eigenvalue weighted by atomic mass is 32.1. The number of quaternary nitrogens is 1. The van der Waals surface area contributed by atoms with Gasteiger partial charge in [-0.15, -0.1) is 22.7 Å². The van der Waals surface area contributed by atoms with E-state index in [4.69, 9.17) is 0 Å². The quantitative estimate of drug-likeness (QED) is 0.359. The molecule has 5 rings (SSSR count). The molecule has 2 fully saturated rings. The molecule has 1 saturated carbocycles.